The van der Waals surface area contributed by atoms with Gasteiger partial charge in [0.2, 0.25) is 11.3 Å². The van der Waals surface area contributed by atoms with Gasteiger partial charge in [-0.1, -0.05) is 53.7 Å². The van der Waals surface area contributed by atoms with E-state index in [1.165, 1.54) is 13.8 Å². The van der Waals surface area contributed by atoms with Crippen molar-refractivity contribution >= 4 is 40.0 Å². The highest BCUT2D eigenvalue weighted by Gasteiger charge is 2.39. The predicted octanol–water partition coefficient (Wildman–Crippen LogP) is 4.58. The minimum atomic E-state index is -5.15. The number of amides is 1. The Bertz CT molecular complexity index is 1390. The number of aromatic nitrogens is 1. The number of carboxylic acid groups (broad SMARTS) is 1. The molecule has 3 aromatic rings. The molecule has 0 spiro atoms. The smallest absolute Gasteiger partial charge is 0.471 e. The average Bonchev–Trinajstić information content (AvgIpc) is 3.44. The molecule has 1 aromatic heterocycles. The number of fused-ring (bicyclic) bond motifs is 3. The van der Waals surface area contributed by atoms with E-state index in [0.717, 1.165) is 27.6 Å². The van der Waals surface area contributed by atoms with E-state index in [1.807, 2.05) is 48.5 Å². The lowest BCUT2D eigenvalue weighted by Gasteiger charge is -2.17. The van der Waals surface area contributed by atoms with Gasteiger partial charge in [0.1, 0.15) is 12.3 Å². The summed E-state index contributed by atoms with van der Waals surface area (Å²) in [5.41, 5.74) is 1.16. The van der Waals surface area contributed by atoms with E-state index in [-0.39, 0.29) is 18.2 Å². The minimum absolute atomic E-state index is 0.115. The van der Waals surface area contributed by atoms with Crippen LogP contribution in [-0.4, -0.2) is 52.0 Å². The number of hydrogen-bond donors (Lipinski definition) is 2. The number of esters is 1. The van der Waals surface area contributed by atoms with Crippen molar-refractivity contribution in [1.29, 1.82) is 0 Å². The molecule has 38 heavy (non-hydrogen) atoms. The number of nitrogens with zero attached hydrogens (tertiary/aromatic N) is 2. The molecule has 0 aliphatic heterocycles. The van der Waals surface area contributed by atoms with Crippen molar-refractivity contribution in [3.8, 4) is 11.1 Å². The number of benzene rings is 2. The molecule has 0 unspecified atom stereocenters. The van der Waals surface area contributed by atoms with Crippen LogP contribution in [0.15, 0.2) is 59.1 Å². The zero-order valence-corrected chi connectivity index (χ0v) is 20.7. The Kier molecular flexibility index (Phi) is 7.22. The number of thiazole rings is 1. The van der Waals surface area contributed by atoms with Crippen molar-refractivity contribution in [1.82, 2.24) is 4.98 Å². The summed E-state index contributed by atoms with van der Waals surface area (Å²) in [6, 6.07) is 15.3. The number of anilines is 1. The topological polar surface area (TPSA) is 127 Å². The monoisotopic (exact) mass is 547 g/mol. The molecule has 0 atom stereocenters. The molecule has 1 heterocycles. The molecule has 0 saturated heterocycles. The SMILES string of the molecule is CC(C)(O/N=C(/C(=O)OCC1c2ccccc2-c2ccccc21)c1csc(NC(=O)C(F)(F)F)n1)C(=O)O. The molecular weight excluding hydrogens is 527 g/mol. The number of carbonyl (C=O) groups is 3. The molecular formula is C25H20F3N3O6S. The fourth-order valence-electron chi connectivity index (χ4n) is 3.66. The normalized spacial score (nSPS) is 13.4. The summed E-state index contributed by atoms with van der Waals surface area (Å²) >= 11 is 0.601. The summed E-state index contributed by atoms with van der Waals surface area (Å²) < 4.78 is 43.3. The van der Waals surface area contributed by atoms with Gasteiger partial charge < -0.3 is 14.7 Å². The van der Waals surface area contributed by atoms with E-state index in [2.05, 4.69) is 10.1 Å². The average molecular weight is 548 g/mol. The highest BCUT2D eigenvalue weighted by atomic mass is 32.1. The molecule has 0 fully saturated rings. The third-order valence-electron chi connectivity index (χ3n) is 5.64. The standard InChI is InChI=1S/C25H20F3N3O6S/c1-24(2,22(34)35)37-31-19(18-12-38-23(29-18)30-21(33)25(26,27)28)20(32)36-11-17-15-9-5-3-7-13(15)14-8-4-6-10-16(14)17/h3-10,12,17H,11H2,1-2H3,(H,34,35)(H,29,30,33)/b31-19+. The highest BCUT2D eigenvalue weighted by molar-refractivity contribution is 7.14. The first-order valence-electron chi connectivity index (χ1n) is 11.1. The van der Waals surface area contributed by atoms with Crippen molar-refractivity contribution < 1.29 is 42.2 Å². The largest absolute Gasteiger partial charge is 0.478 e. The van der Waals surface area contributed by atoms with Gasteiger partial charge in [0.25, 0.3) is 0 Å². The molecule has 2 N–H and O–H groups in total. The number of hydrogen-bond acceptors (Lipinski definition) is 8. The molecule has 4 rings (SSSR count). The zero-order chi connectivity index (χ0) is 27.7. The van der Waals surface area contributed by atoms with Gasteiger partial charge in [-0.15, -0.1) is 11.3 Å². The van der Waals surface area contributed by atoms with Crippen LogP contribution < -0.4 is 5.32 Å². The van der Waals surface area contributed by atoms with E-state index < -0.39 is 40.5 Å². The Morgan fingerprint density at radius 1 is 1.05 bits per heavy atom. The molecule has 0 radical (unpaired) electrons. The van der Waals surface area contributed by atoms with Crippen molar-refractivity contribution in [3.63, 3.8) is 0 Å². The minimum Gasteiger partial charge on any atom is -0.478 e. The Morgan fingerprint density at radius 3 is 2.18 bits per heavy atom. The van der Waals surface area contributed by atoms with Crippen LogP contribution in [0.2, 0.25) is 0 Å². The fraction of sp³-hybridized carbons (Fsp3) is 0.240. The number of oxime groups is 1. The van der Waals surface area contributed by atoms with Crippen LogP contribution in [0.4, 0.5) is 18.3 Å². The van der Waals surface area contributed by atoms with Crippen molar-refractivity contribution in [3.05, 3.63) is 70.7 Å². The summed E-state index contributed by atoms with van der Waals surface area (Å²) in [4.78, 5) is 44.6. The third kappa shape index (κ3) is 5.52. The maximum Gasteiger partial charge on any atom is 0.471 e. The summed E-state index contributed by atoms with van der Waals surface area (Å²) in [6.45, 7) is 2.25. The first kappa shape index (κ1) is 26.8. The quantitative estimate of drug-likeness (QED) is 0.240. The van der Waals surface area contributed by atoms with Crippen molar-refractivity contribution in [2.75, 3.05) is 11.9 Å². The van der Waals surface area contributed by atoms with Crippen LogP contribution in [0.3, 0.4) is 0 Å². The molecule has 1 amide bonds. The van der Waals surface area contributed by atoms with Gasteiger partial charge in [-0.05, 0) is 36.1 Å². The number of alkyl halides is 3. The Hall–Kier alpha value is -4.26. The lowest BCUT2D eigenvalue weighted by atomic mass is 9.98. The van der Waals surface area contributed by atoms with Gasteiger partial charge in [-0.25, -0.2) is 14.6 Å². The summed E-state index contributed by atoms with van der Waals surface area (Å²) in [6.07, 6.45) is -5.15. The first-order valence-corrected chi connectivity index (χ1v) is 12.0. The second kappa shape index (κ2) is 10.2. The number of rotatable bonds is 8. The van der Waals surface area contributed by atoms with Crippen LogP contribution in [-0.2, 0) is 24.0 Å². The Balaban J connectivity index is 1.59. The second-order valence-corrected chi connectivity index (χ2v) is 9.52. The fourth-order valence-corrected chi connectivity index (χ4v) is 4.35. The number of nitrogens with one attached hydrogen (secondary N) is 1. The van der Waals surface area contributed by atoms with E-state index in [4.69, 9.17) is 9.57 Å². The van der Waals surface area contributed by atoms with Gasteiger partial charge >= 0.3 is 24.0 Å². The highest BCUT2D eigenvalue weighted by Crippen LogP contribution is 2.44. The van der Waals surface area contributed by atoms with Gasteiger partial charge in [-0.2, -0.15) is 13.2 Å². The molecule has 0 saturated carbocycles. The van der Waals surface area contributed by atoms with Crippen LogP contribution in [0, 0.1) is 0 Å². The molecule has 1 aliphatic rings. The van der Waals surface area contributed by atoms with E-state index in [1.54, 1.807) is 5.32 Å². The summed E-state index contributed by atoms with van der Waals surface area (Å²) in [7, 11) is 0. The number of aliphatic carboxylic acids is 1. The lowest BCUT2D eigenvalue weighted by Crippen LogP contribution is -2.34. The van der Waals surface area contributed by atoms with E-state index in [0.29, 0.717) is 11.3 Å². The van der Waals surface area contributed by atoms with Crippen LogP contribution in [0.25, 0.3) is 11.1 Å². The number of carbonyl (C=O) groups excluding carboxylic acids is 2. The predicted molar refractivity (Wildman–Crippen MR) is 131 cm³/mol. The molecule has 2 aromatic carbocycles. The molecule has 13 heteroatoms. The van der Waals surface area contributed by atoms with E-state index in [9.17, 15) is 32.7 Å². The maximum atomic E-state index is 13.1. The zero-order valence-electron chi connectivity index (χ0n) is 19.9. The summed E-state index contributed by atoms with van der Waals surface area (Å²) in [5.74, 6) is -4.99. The number of ether oxygens (including phenoxy) is 1. The molecule has 9 nitrogen and oxygen atoms in total. The van der Waals surface area contributed by atoms with Gasteiger partial charge in [-0.3, -0.25) is 10.1 Å². The first-order chi connectivity index (χ1) is 17.9. The number of carboxylic acids is 1. The maximum absolute atomic E-state index is 13.1. The summed E-state index contributed by atoms with van der Waals surface area (Å²) in [5, 5.41) is 15.2. The lowest BCUT2D eigenvalue weighted by molar-refractivity contribution is -0.167. The third-order valence-corrected chi connectivity index (χ3v) is 6.40. The van der Waals surface area contributed by atoms with Crippen LogP contribution in [0.5, 0.6) is 0 Å². The van der Waals surface area contributed by atoms with Gasteiger partial charge in [0, 0.05) is 11.3 Å². The van der Waals surface area contributed by atoms with Gasteiger partial charge in [0.05, 0.1) is 0 Å². The van der Waals surface area contributed by atoms with Crippen LogP contribution >= 0.6 is 11.3 Å². The van der Waals surface area contributed by atoms with Gasteiger partial charge in [0.15, 0.2) is 5.13 Å². The van der Waals surface area contributed by atoms with Crippen molar-refractivity contribution in [2.45, 2.75) is 31.5 Å². The Labute approximate surface area is 217 Å². The molecule has 0 bridgehead atoms. The van der Waals surface area contributed by atoms with E-state index >= 15 is 0 Å². The van der Waals surface area contributed by atoms with Crippen molar-refractivity contribution in [2.24, 2.45) is 5.16 Å². The van der Waals surface area contributed by atoms with Crippen LogP contribution in [0.1, 0.15) is 36.6 Å². The Morgan fingerprint density at radius 2 is 1.63 bits per heavy atom. The second-order valence-electron chi connectivity index (χ2n) is 8.66. The molecule has 198 valence electrons. The number of halogens is 3. The molecule has 1 aliphatic carbocycles.